The van der Waals surface area contributed by atoms with Crippen LogP contribution in [-0.4, -0.2) is 71.1 Å². The molecule has 0 spiro atoms. The van der Waals surface area contributed by atoms with Gasteiger partial charge in [0, 0.05) is 31.8 Å². The van der Waals surface area contributed by atoms with Crippen LogP contribution in [0.5, 0.6) is 5.75 Å². The first-order valence-electron chi connectivity index (χ1n) is 12.8. The van der Waals surface area contributed by atoms with E-state index in [1.165, 1.54) is 25.9 Å². The van der Waals surface area contributed by atoms with E-state index in [1.807, 2.05) is 12.1 Å². The molecule has 0 aromatic heterocycles. The Kier molecular flexibility index (Phi) is 7.65. The van der Waals surface area contributed by atoms with Gasteiger partial charge in [-0.2, -0.15) is 0 Å². The van der Waals surface area contributed by atoms with E-state index >= 15 is 0 Å². The van der Waals surface area contributed by atoms with Crippen LogP contribution in [-0.2, 0) is 22.7 Å². The number of methoxy groups -OCH3 is 1. The molecule has 0 saturated carbocycles. The highest BCUT2D eigenvalue weighted by Crippen LogP contribution is 2.35. The average Bonchev–Trinajstić information content (AvgIpc) is 2.94. The smallest absolute Gasteiger partial charge is 0.334 e. The summed E-state index contributed by atoms with van der Waals surface area (Å²) in [4.78, 5) is 43.6. The van der Waals surface area contributed by atoms with Crippen LogP contribution in [0, 0.1) is 11.6 Å². The number of nitrogens with one attached hydrogen (secondary N) is 1. The fourth-order valence-corrected chi connectivity index (χ4v) is 5.15. The molecule has 2 saturated heterocycles. The Bertz CT molecular complexity index is 1410. The Morgan fingerprint density at radius 3 is 2.42 bits per heavy atom. The van der Waals surface area contributed by atoms with E-state index in [0.717, 1.165) is 17.7 Å². The van der Waals surface area contributed by atoms with Gasteiger partial charge in [-0.1, -0.05) is 48.5 Å². The maximum Gasteiger partial charge on any atom is 0.334 e. The summed E-state index contributed by atoms with van der Waals surface area (Å²) in [6.07, 6.45) is -0.867. The number of piperazine rings is 1. The molecular formula is C29H29F2N5O4. The lowest BCUT2D eigenvalue weighted by Crippen LogP contribution is -2.73. The predicted octanol–water partition coefficient (Wildman–Crippen LogP) is 3.28. The zero-order valence-corrected chi connectivity index (χ0v) is 22.1. The molecule has 2 aliphatic heterocycles. The lowest BCUT2D eigenvalue weighted by Gasteiger charge is -2.54. The molecule has 4 amide bonds. The monoisotopic (exact) mass is 549 g/mol. The van der Waals surface area contributed by atoms with Crippen molar-refractivity contribution in [2.24, 2.45) is 0 Å². The Morgan fingerprint density at radius 1 is 1.02 bits per heavy atom. The first kappa shape index (κ1) is 27.1. The van der Waals surface area contributed by atoms with Crippen molar-refractivity contribution in [3.63, 3.8) is 0 Å². The van der Waals surface area contributed by atoms with Gasteiger partial charge in [0.05, 0.1) is 20.2 Å². The van der Waals surface area contributed by atoms with Crippen molar-refractivity contribution in [3.05, 3.63) is 101 Å². The van der Waals surface area contributed by atoms with Gasteiger partial charge in [0.2, 0.25) is 5.91 Å². The molecule has 11 heteroatoms. The minimum atomic E-state index is -1.03. The molecule has 0 aliphatic carbocycles. The van der Waals surface area contributed by atoms with Gasteiger partial charge < -0.3 is 19.9 Å². The van der Waals surface area contributed by atoms with Gasteiger partial charge in [-0.05, 0) is 29.3 Å². The number of amides is 4. The normalized spacial score (nSPS) is 19.4. The molecule has 40 heavy (non-hydrogen) atoms. The van der Waals surface area contributed by atoms with Crippen molar-refractivity contribution in [2.75, 3.05) is 27.2 Å². The Hall–Kier alpha value is -4.51. The zero-order valence-electron chi connectivity index (χ0n) is 22.1. The van der Waals surface area contributed by atoms with E-state index in [2.05, 4.69) is 5.32 Å². The number of halogens is 2. The van der Waals surface area contributed by atoms with Gasteiger partial charge in [-0.3, -0.25) is 9.59 Å². The molecule has 2 heterocycles. The fourth-order valence-electron chi connectivity index (χ4n) is 5.15. The summed E-state index contributed by atoms with van der Waals surface area (Å²) in [6, 6.07) is 17.7. The van der Waals surface area contributed by atoms with Crippen LogP contribution in [0.15, 0.2) is 72.8 Å². The number of nitrogens with zero attached hydrogens (tertiary/aromatic N) is 4. The highest BCUT2D eigenvalue weighted by molar-refractivity contribution is 5.92. The Labute approximate surface area is 230 Å². The fraction of sp³-hybridized carbons (Fsp3) is 0.276. The van der Waals surface area contributed by atoms with E-state index in [1.54, 1.807) is 56.6 Å². The number of fused-ring (bicyclic) bond motifs is 1. The number of hydrogen-bond acceptors (Lipinski definition) is 5. The third kappa shape index (κ3) is 5.32. The minimum Gasteiger partial charge on any atom is -0.497 e. The maximum absolute atomic E-state index is 14.6. The first-order valence-corrected chi connectivity index (χ1v) is 12.8. The van der Waals surface area contributed by atoms with Crippen molar-refractivity contribution in [2.45, 2.75) is 25.3 Å². The summed E-state index contributed by atoms with van der Waals surface area (Å²) in [5.74, 6) is -1.54. The van der Waals surface area contributed by atoms with Crippen molar-refractivity contribution >= 4 is 17.8 Å². The molecule has 0 radical (unpaired) electrons. The largest absolute Gasteiger partial charge is 0.497 e. The number of carbonyl (C=O) groups is 3. The van der Waals surface area contributed by atoms with Crippen molar-refractivity contribution in [3.8, 4) is 5.75 Å². The van der Waals surface area contributed by atoms with Gasteiger partial charge in [0.1, 0.15) is 29.6 Å². The number of carbonyl (C=O) groups excluding carboxylic acids is 3. The Morgan fingerprint density at radius 2 is 1.75 bits per heavy atom. The highest BCUT2D eigenvalue weighted by atomic mass is 19.1. The summed E-state index contributed by atoms with van der Waals surface area (Å²) >= 11 is 0. The number of urea groups is 1. The molecule has 3 aromatic carbocycles. The number of benzene rings is 3. The molecular weight excluding hydrogens is 520 g/mol. The summed E-state index contributed by atoms with van der Waals surface area (Å²) < 4.78 is 33.3. The predicted molar refractivity (Wildman–Crippen MR) is 141 cm³/mol. The average molecular weight is 550 g/mol. The third-order valence-corrected chi connectivity index (χ3v) is 7.13. The number of ether oxygens (including phenoxy) is 1. The Balaban J connectivity index is 1.46. The van der Waals surface area contributed by atoms with E-state index < -0.39 is 35.8 Å². The van der Waals surface area contributed by atoms with Crippen molar-refractivity contribution < 1.29 is 27.9 Å². The zero-order chi connectivity index (χ0) is 28.4. The molecule has 0 unspecified atom stereocenters. The molecule has 5 rings (SSSR count). The van der Waals surface area contributed by atoms with E-state index in [9.17, 15) is 23.2 Å². The van der Waals surface area contributed by atoms with Gasteiger partial charge in [-0.15, -0.1) is 0 Å². The molecule has 9 nitrogen and oxygen atoms in total. The van der Waals surface area contributed by atoms with Gasteiger partial charge in [0.15, 0.2) is 0 Å². The second kappa shape index (κ2) is 11.3. The lowest BCUT2D eigenvalue weighted by molar-refractivity contribution is -0.188. The summed E-state index contributed by atoms with van der Waals surface area (Å²) in [5.41, 5.74) is 1.54. The molecule has 2 atom stereocenters. The minimum absolute atomic E-state index is 0.0645. The quantitative estimate of drug-likeness (QED) is 0.510. The van der Waals surface area contributed by atoms with Gasteiger partial charge in [0.25, 0.3) is 5.91 Å². The number of hydrogen-bond donors (Lipinski definition) is 1. The maximum atomic E-state index is 14.6. The molecule has 2 aliphatic rings. The van der Waals surface area contributed by atoms with Gasteiger partial charge in [-0.25, -0.2) is 23.6 Å². The number of rotatable bonds is 6. The highest BCUT2D eigenvalue weighted by Gasteiger charge is 2.51. The number of likely N-dealkylation sites (N-methyl/N-ethyl adjacent to an activating group) is 1. The molecule has 3 aromatic rings. The van der Waals surface area contributed by atoms with Crippen LogP contribution in [0.25, 0.3) is 0 Å². The van der Waals surface area contributed by atoms with Crippen LogP contribution in [0.1, 0.15) is 22.7 Å². The first-order chi connectivity index (χ1) is 19.3. The molecule has 208 valence electrons. The van der Waals surface area contributed by atoms with Crippen LogP contribution in [0.4, 0.5) is 13.6 Å². The second-order valence-corrected chi connectivity index (χ2v) is 9.72. The standard InChI is InChI=1S/C29H29F2N5O4/c1-33-18-26(37)35-25(36(33)29(39)32-15-19-8-12-23(40-2)13-9-19)17-34(16-21-10-11-22(30)14-24(21)31)28(38)27(35)20-6-4-3-5-7-20/h3-14,25,27H,15-18H2,1-2H3,(H,32,39)/t25-,27-/m0/s1. The molecule has 2 fully saturated rings. The van der Waals surface area contributed by atoms with Crippen LogP contribution in [0.2, 0.25) is 0 Å². The van der Waals surface area contributed by atoms with Crippen LogP contribution < -0.4 is 10.1 Å². The lowest BCUT2D eigenvalue weighted by atomic mass is 9.98. The summed E-state index contributed by atoms with van der Waals surface area (Å²) in [6.45, 7) is -0.113. The second-order valence-electron chi connectivity index (χ2n) is 9.72. The van der Waals surface area contributed by atoms with Crippen LogP contribution in [0.3, 0.4) is 0 Å². The van der Waals surface area contributed by atoms with E-state index in [0.29, 0.717) is 11.3 Å². The van der Waals surface area contributed by atoms with Crippen molar-refractivity contribution in [1.29, 1.82) is 0 Å². The van der Waals surface area contributed by atoms with Gasteiger partial charge >= 0.3 is 6.03 Å². The van der Waals surface area contributed by atoms with E-state index in [-0.39, 0.29) is 37.6 Å². The number of hydrazine groups is 1. The van der Waals surface area contributed by atoms with Crippen LogP contribution >= 0.6 is 0 Å². The van der Waals surface area contributed by atoms with Crippen molar-refractivity contribution in [1.82, 2.24) is 25.1 Å². The SMILES string of the molecule is COc1ccc(CNC(=O)N2[C@H]3CN(Cc4ccc(F)cc4F)C(=O)[C@H](c4ccccc4)N3C(=O)CN2C)cc1. The third-order valence-electron chi connectivity index (χ3n) is 7.13. The topological polar surface area (TPSA) is 85.4 Å². The summed E-state index contributed by atoms with van der Waals surface area (Å²) in [7, 11) is 3.20. The molecule has 0 bridgehead atoms. The van der Waals surface area contributed by atoms with E-state index in [4.69, 9.17) is 4.74 Å². The summed E-state index contributed by atoms with van der Waals surface area (Å²) in [5, 5.41) is 5.82. The molecule has 1 N–H and O–H groups in total.